The maximum Gasteiger partial charge on any atom is 0.338 e. The van der Waals surface area contributed by atoms with Crippen molar-refractivity contribution in [3.05, 3.63) is 47.8 Å². The number of carbonyl (C=O) groups excluding carboxylic acids is 2. The zero-order valence-corrected chi connectivity index (χ0v) is 15.1. The van der Waals surface area contributed by atoms with E-state index in [4.69, 9.17) is 4.74 Å². The monoisotopic (exact) mass is 356 g/mol. The van der Waals surface area contributed by atoms with Gasteiger partial charge in [-0.25, -0.2) is 9.59 Å². The highest BCUT2D eigenvalue weighted by molar-refractivity contribution is 5.92. The molecule has 0 radical (unpaired) electrons. The molecule has 7 nitrogen and oxygen atoms in total. The van der Waals surface area contributed by atoms with Crippen molar-refractivity contribution in [3.63, 3.8) is 0 Å². The second kappa shape index (κ2) is 8.03. The first-order chi connectivity index (χ1) is 12.6. The van der Waals surface area contributed by atoms with E-state index in [2.05, 4.69) is 10.4 Å². The zero-order chi connectivity index (χ0) is 18.5. The van der Waals surface area contributed by atoms with Crippen LogP contribution in [0.15, 0.2) is 36.5 Å². The summed E-state index contributed by atoms with van der Waals surface area (Å²) in [5, 5.41) is 7.23. The van der Waals surface area contributed by atoms with Gasteiger partial charge in [0.05, 0.1) is 23.9 Å². The van der Waals surface area contributed by atoms with E-state index in [-0.39, 0.29) is 18.0 Å². The first-order valence-corrected chi connectivity index (χ1v) is 9.00. The van der Waals surface area contributed by atoms with Crippen LogP contribution in [0.1, 0.15) is 48.8 Å². The van der Waals surface area contributed by atoms with Crippen molar-refractivity contribution in [3.8, 4) is 0 Å². The Balaban J connectivity index is 1.68. The fraction of sp³-hybridized carbons (Fsp3) is 0.421. The number of likely N-dealkylation sites (tertiary alicyclic amines) is 1. The molecule has 1 atom stereocenters. The van der Waals surface area contributed by atoms with Crippen molar-refractivity contribution in [2.75, 3.05) is 18.5 Å². The van der Waals surface area contributed by atoms with Crippen LogP contribution in [-0.2, 0) is 11.3 Å². The van der Waals surface area contributed by atoms with Gasteiger partial charge in [0.15, 0.2) is 0 Å². The number of nitrogens with one attached hydrogen (secondary N) is 1. The molecular formula is C19H24N4O3. The number of benzene rings is 1. The average molecular weight is 356 g/mol. The fourth-order valence-electron chi connectivity index (χ4n) is 3.31. The molecule has 1 aromatic carbocycles. The Bertz CT molecular complexity index is 769. The molecule has 0 saturated carbocycles. The van der Waals surface area contributed by atoms with E-state index in [1.54, 1.807) is 37.4 Å². The highest BCUT2D eigenvalue weighted by Crippen LogP contribution is 2.32. The third-order valence-corrected chi connectivity index (χ3v) is 4.55. The van der Waals surface area contributed by atoms with Crippen LogP contribution in [0.4, 0.5) is 10.5 Å². The second-order valence-corrected chi connectivity index (χ2v) is 6.15. The number of aryl methyl sites for hydroxylation is 1. The minimum absolute atomic E-state index is 0.0382. The molecule has 7 heteroatoms. The van der Waals surface area contributed by atoms with E-state index in [0.29, 0.717) is 24.4 Å². The number of esters is 1. The number of urea groups is 1. The first-order valence-electron chi connectivity index (χ1n) is 9.00. The van der Waals surface area contributed by atoms with Crippen LogP contribution in [0, 0.1) is 0 Å². The molecule has 2 aromatic rings. The van der Waals surface area contributed by atoms with Crippen molar-refractivity contribution >= 4 is 17.7 Å². The maximum atomic E-state index is 12.7. The number of carbonyl (C=O) groups is 2. The number of nitrogens with zero attached hydrogens (tertiary/aromatic N) is 3. The molecule has 2 amide bonds. The van der Waals surface area contributed by atoms with Crippen LogP contribution in [0.2, 0.25) is 0 Å². The lowest BCUT2D eigenvalue weighted by atomic mass is 10.1. The molecule has 1 fully saturated rings. The zero-order valence-electron chi connectivity index (χ0n) is 15.1. The number of hydrogen-bond acceptors (Lipinski definition) is 4. The smallest absolute Gasteiger partial charge is 0.338 e. The minimum atomic E-state index is -0.363. The number of hydrogen-bond donors (Lipinski definition) is 1. The summed E-state index contributed by atoms with van der Waals surface area (Å²) < 4.78 is 6.90. The van der Waals surface area contributed by atoms with Crippen LogP contribution < -0.4 is 5.32 Å². The summed E-state index contributed by atoms with van der Waals surface area (Å²) in [4.78, 5) is 26.3. The van der Waals surface area contributed by atoms with Crippen molar-refractivity contribution in [2.45, 2.75) is 39.3 Å². The van der Waals surface area contributed by atoms with Gasteiger partial charge in [-0.1, -0.05) is 0 Å². The Kier molecular flexibility index (Phi) is 5.55. The minimum Gasteiger partial charge on any atom is -0.462 e. The van der Waals surface area contributed by atoms with E-state index >= 15 is 0 Å². The molecule has 0 aliphatic carbocycles. The van der Waals surface area contributed by atoms with E-state index in [9.17, 15) is 9.59 Å². The molecule has 1 aliphatic rings. The van der Waals surface area contributed by atoms with Crippen LogP contribution in [0.3, 0.4) is 0 Å². The normalized spacial score (nSPS) is 16.5. The summed E-state index contributed by atoms with van der Waals surface area (Å²) in [5.74, 6) is -0.363. The lowest BCUT2D eigenvalue weighted by molar-refractivity contribution is 0.0526. The van der Waals surface area contributed by atoms with Gasteiger partial charge in [-0.2, -0.15) is 5.10 Å². The molecule has 0 bridgehead atoms. The Hall–Kier alpha value is -2.83. The summed E-state index contributed by atoms with van der Waals surface area (Å²) >= 11 is 0. The molecule has 1 N–H and O–H groups in total. The van der Waals surface area contributed by atoms with E-state index < -0.39 is 0 Å². The van der Waals surface area contributed by atoms with Crippen molar-refractivity contribution in [1.29, 1.82) is 0 Å². The Labute approximate surface area is 152 Å². The standard InChI is InChI=1S/C19H24N4O3/c1-3-23-17(11-12-20-23)16-6-5-13-22(16)19(25)21-15-9-7-14(8-10-15)18(24)26-4-2/h7-12,16H,3-6,13H2,1-2H3,(H,21,25). The third kappa shape index (κ3) is 3.71. The van der Waals surface area contributed by atoms with Crippen LogP contribution in [0.25, 0.3) is 0 Å². The van der Waals surface area contributed by atoms with Gasteiger partial charge >= 0.3 is 12.0 Å². The fourth-order valence-corrected chi connectivity index (χ4v) is 3.31. The summed E-state index contributed by atoms with van der Waals surface area (Å²) in [6.07, 6.45) is 3.68. The molecule has 3 rings (SSSR count). The molecule has 2 heterocycles. The summed E-state index contributed by atoms with van der Waals surface area (Å²) in [5.41, 5.74) is 2.19. The van der Waals surface area contributed by atoms with Crippen LogP contribution in [-0.4, -0.2) is 39.8 Å². The van der Waals surface area contributed by atoms with Crippen LogP contribution >= 0.6 is 0 Å². The van der Waals surface area contributed by atoms with Gasteiger partial charge in [-0.05, 0) is 57.0 Å². The molecule has 138 valence electrons. The predicted molar refractivity (Wildman–Crippen MR) is 98.0 cm³/mol. The number of ether oxygens (including phenoxy) is 1. The summed E-state index contributed by atoms with van der Waals surface area (Å²) in [6.45, 7) is 5.64. The summed E-state index contributed by atoms with van der Waals surface area (Å²) in [7, 11) is 0. The SMILES string of the molecule is CCOC(=O)c1ccc(NC(=O)N2CCCC2c2ccnn2CC)cc1. The lowest BCUT2D eigenvalue weighted by Gasteiger charge is -2.25. The van der Waals surface area contributed by atoms with E-state index in [1.165, 1.54) is 0 Å². The number of amides is 2. The van der Waals surface area contributed by atoms with E-state index in [1.807, 2.05) is 22.6 Å². The predicted octanol–water partition coefficient (Wildman–Crippen LogP) is 3.45. The third-order valence-electron chi connectivity index (χ3n) is 4.55. The molecule has 26 heavy (non-hydrogen) atoms. The van der Waals surface area contributed by atoms with Gasteiger partial charge in [-0.15, -0.1) is 0 Å². The van der Waals surface area contributed by atoms with E-state index in [0.717, 1.165) is 25.1 Å². The first kappa shape index (κ1) is 18.0. The van der Waals surface area contributed by atoms with Gasteiger partial charge in [0.2, 0.25) is 0 Å². The van der Waals surface area contributed by atoms with Crippen molar-refractivity contribution in [2.24, 2.45) is 0 Å². The maximum absolute atomic E-state index is 12.7. The van der Waals surface area contributed by atoms with Gasteiger partial charge in [0, 0.05) is 25.0 Å². The largest absolute Gasteiger partial charge is 0.462 e. The van der Waals surface area contributed by atoms with Gasteiger partial charge in [-0.3, -0.25) is 4.68 Å². The Morgan fingerprint density at radius 2 is 2.00 bits per heavy atom. The van der Waals surface area contributed by atoms with Gasteiger partial charge in [0.25, 0.3) is 0 Å². The van der Waals surface area contributed by atoms with Gasteiger partial charge < -0.3 is 15.0 Å². The second-order valence-electron chi connectivity index (χ2n) is 6.15. The average Bonchev–Trinajstić information content (AvgIpc) is 3.31. The highest BCUT2D eigenvalue weighted by Gasteiger charge is 2.32. The lowest BCUT2D eigenvalue weighted by Crippen LogP contribution is -2.35. The molecule has 0 spiro atoms. The number of anilines is 1. The number of rotatable bonds is 5. The van der Waals surface area contributed by atoms with Crippen molar-refractivity contribution in [1.82, 2.24) is 14.7 Å². The molecular weight excluding hydrogens is 332 g/mol. The molecule has 1 aliphatic heterocycles. The Morgan fingerprint density at radius 3 is 2.69 bits per heavy atom. The summed E-state index contributed by atoms with van der Waals surface area (Å²) in [6, 6.07) is 8.62. The molecule has 1 saturated heterocycles. The number of aromatic nitrogens is 2. The van der Waals surface area contributed by atoms with Gasteiger partial charge in [0.1, 0.15) is 0 Å². The molecule has 1 aromatic heterocycles. The quantitative estimate of drug-likeness (QED) is 0.833. The molecule has 1 unspecified atom stereocenters. The topological polar surface area (TPSA) is 76.5 Å². The Morgan fingerprint density at radius 1 is 1.23 bits per heavy atom. The van der Waals surface area contributed by atoms with Crippen LogP contribution in [0.5, 0.6) is 0 Å². The van der Waals surface area contributed by atoms with Crippen molar-refractivity contribution < 1.29 is 14.3 Å². The highest BCUT2D eigenvalue weighted by atomic mass is 16.5.